The van der Waals surface area contributed by atoms with Crippen molar-refractivity contribution in [2.75, 3.05) is 14.1 Å². The minimum atomic E-state index is -0.00943. The van der Waals surface area contributed by atoms with Crippen molar-refractivity contribution in [1.29, 1.82) is 0 Å². The molecule has 0 saturated carbocycles. The van der Waals surface area contributed by atoms with Crippen molar-refractivity contribution in [2.45, 2.75) is 19.4 Å². The Morgan fingerprint density at radius 1 is 0.704 bits per heavy atom. The average Bonchev–Trinajstić information content (AvgIpc) is 2.68. The highest BCUT2D eigenvalue weighted by molar-refractivity contribution is 6.09. The molecular formula is C24H26ClNO. The van der Waals surface area contributed by atoms with Crippen LogP contribution in [-0.4, -0.2) is 24.8 Å². The van der Waals surface area contributed by atoms with Gasteiger partial charge in [-0.2, -0.15) is 0 Å². The summed E-state index contributed by atoms with van der Waals surface area (Å²) < 4.78 is 0. The molecule has 0 heterocycles. The maximum Gasteiger partial charge on any atom is 0.193 e. The van der Waals surface area contributed by atoms with Crippen LogP contribution >= 0.6 is 12.4 Å². The SMILES string of the molecule is CN(C)C(C)(C)c1ccc(-c2ccc(C(=O)c3ccccc3)cc2)cc1.Cl. The summed E-state index contributed by atoms with van der Waals surface area (Å²) in [7, 11) is 4.19. The minimum Gasteiger partial charge on any atom is -0.300 e. The van der Waals surface area contributed by atoms with Crippen LogP contribution in [0.25, 0.3) is 11.1 Å². The largest absolute Gasteiger partial charge is 0.300 e. The van der Waals surface area contributed by atoms with Gasteiger partial charge in [-0.1, -0.05) is 78.9 Å². The Morgan fingerprint density at radius 2 is 1.15 bits per heavy atom. The first kappa shape index (κ1) is 20.9. The fraction of sp³-hybridized carbons (Fsp3) is 0.208. The molecule has 0 amide bonds. The number of hydrogen-bond acceptors (Lipinski definition) is 2. The quantitative estimate of drug-likeness (QED) is 0.522. The van der Waals surface area contributed by atoms with Crippen molar-refractivity contribution in [3.8, 4) is 11.1 Å². The molecule has 0 unspecified atom stereocenters. The van der Waals surface area contributed by atoms with Crippen LogP contribution in [0.4, 0.5) is 0 Å². The Hall–Kier alpha value is -2.42. The molecule has 0 aliphatic heterocycles. The fourth-order valence-corrected chi connectivity index (χ4v) is 2.90. The molecule has 0 aliphatic carbocycles. The van der Waals surface area contributed by atoms with Crippen LogP contribution < -0.4 is 0 Å². The smallest absolute Gasteiger partial charge is 0.193 e. The standard InChI is InChI=1S/C24H25NO.ClH/c1-24(2,25(3)4)22-16-14-19(15-17-22)18-10-12-21(13-11-18)23(26)20-8-6-5-7-9-20;/h5-17H,1-4H3;1H. The lowest BCUT2D eigenvalue weighted by Crippen LogP contribution is -2.35. The Kier molecular flexibility index (Phi) is 6.59. The molecule has 0 aliphatic rings. The van der Waals surface area contributed by atoms with Crippen molar-refractivity contribution in [3.63, 3.8) is 0 Å². The lowest BCUT2D eigenvalue weighted by molar-refractivity contribution is 0.103. The molecule has 0 bridgehead atoms. The lowest BCUT2D eigenvalue weighted by Gasteiger charge is -2.33. The molecule has 3 heteroatoms. The van der Waals surface area contributed by atoms with E-state index < -0.39 is 0 Å². The van der Waals surface area contributed by atoms with Gasteiger partial charge in [0.25, 0.3) is 0 Å². The average molecular weight is 380 g/mol. The van der Waals surface area contributed by atoms with E-state index in [0.717, 1.165) is 16.7 Å². The first-order valence-electron chi connectivity index (χ1n) is 8.88. The van der Waals surface area contributed by atoms with Crippen LogP contribution in [0.3, 0.4) is 0 Å². The molecule has 0 fully saturated rings. The Labute approximate surface area is 168 Å². The zero-order valence-corrected chi connectivity index (χ0v) is 17.1. The second-order valence-electron chi connectivity index (χ2n) is 7.30. The van der Waals surface area contributed by atoms with Gasteiger partial charge in [-0.3, -0.25) is 4.79 Å². The van der Waals surface area contributed by atoms with E-state index in [2.05, 4.69) is 57.1 Å². The molecule has 0 spiro atoms. The molecule has 140 valence electrons. The summed E-state index contributed by atoms with van der Waals surface area (Å²) in [5.41, 5.74) is 4.97. The van der Waals surface area contributed by atoms with Gasteiger partial charge in [0.05, 0.1) is 0 Å². The van der Waals surface area contributed by atoms with Gasteiger partial charge in [-0.05, 0) is 44.6 Å². The third kappa shape index (κ3) is 4.47. The minimum absolute atomic E-state index is 0. The molecule has 3 aromatic carbocycles. The van der Waals surface area contributed by atoms with Gasteiger partial charge < -0.3 is 4.90 Å². The normalized spacial score (nSPS) is 11.1. The first-order chi connectivity index (χ1) is 12.4. The molecule has 0 saturated heterocycles. The lowest BCUT2D eigenvalue weighted by atomic mass is 9.91. The Morgan fingerprint density at radius 3 is 1.63 bits per heavy atom. The predicted molar refractivity (Wildman–Crippen MR) is 116 cm³/mol. The number of benzene rings is 3. The summed E-state index contributed by atoms with van der Waals surface area (Å²) in [5, 5.41) is 0. The third-order valence-corrected chi connectivity index (χ3v) is 5.23. The predicted octanol–water partition coefficient (Wildman–Crippen LogP) is 5.80. The molecule has 27 heavy (non-hydrogen) atoms. The van der Waals surface area contributed by atoms with E-state index >= 15 is 0 Å². The highest BCUT2D eigenvalue weighted by Gasteiger charge is 2.22. The Balaban J connectivity index is 0.00000261. The van der Waals surface area contributed by atoms with E-state index in [1.165, 1.54) is 5.56 Å². The van der Waals surface area contributed by atoms with Crippen LogP contribution in [0.15, 0.2) is 78.9 Å². The number of hydrogen-bond donors (Lipinski definition) is 0. The summed E-state index contributed by atoms with van der Waals surface area (Å²) in [5.74, 6) is 0.0558. The number of carbonyl (C=O) groups excluding carboxylic acids is 1. The zero-order valence-electron chi connectivity index (χ0n) is 16.3. The van der Waals surface area contributed by atoms with Gasteiger partial charge in [0.1, 0.15) is 0 Å². The highest BCUT2D eigenvalue weighted by atomic mass is 35.5. The molecule has 0 atom stereocenters. The van der Waals surface area contributed by atoms with Crippen molar-refractivity contribution in [1.82, 2.24) is 4.90 Å². The first-order valence-corrected chi connectivity index (χ1v) is 8.88. The molecule has 2 nitrogen and oxygen atoms in total. The van der Waals surface area contributed by atoms with Gasteiger partial charge in [0.2, 0.25) is 0 Å². The topological polar surface area (TPSA) is 20.3 Å². The number of rotatable bonds is 5. The molecule has 3 aromatic rings. The van der Waals surface area contributed by atoms with E-state index in [1.54, 1.807) is 0 Å². The van der Waals surface area contributed by atoms with Crippen LogP contribution in [0.5, 0.6) is 0 Å². The van der Waals surface area contributed by atoms with Crippen LogP contribution in [0.1, 0.15) is 35.3 Å². The molecule has 3 rings (SSSR count). The summed E-state index contributed by atoms with van der Waals surface area (Å²) in [6.45, 7) is 4.43. The van der Waals surface area contributed by atoms with Crippen molar-refractivity contribution in [3.05, 3.63) is 95.6 Å². The third-order valence-electron chi connectivity index (χ3n) is 5.23. The van der Waals surface area contributed by atoms with Gasteiger partial charge >= 0.3 is 0 Å². The summed E-state index contributed by atoms with van der Waals surface area (Å²) in [6.07, 6.45) is 0. The van der Waals surface area contributed by atoms with E-state index in [-0.39, 0.29) is 23.7 Å². The monoisotopic (exact) mass is 379 g/mol. The number of ketones is 1. The molecular weight excluding hydrogens is 354 g/mol. The maximum absolute atomic E-state index is 12.5. The van der Waals surface area contributed by atoms with Gasteiger partial charge in [0.15, 0.2) is 5.78 Å². The van der Waals surface area contributed by atoms with E-state index in [0.29, 0.717) is 5.56 Å². The summed E-state index contributed by atoms with van der Waals surface area (Å²) in [6, 6.07) is 25.9. The Bertz CT molecular complexity index is 882. The highest BCUT2D eigenvalue weighted by Crippen LogP contribution is 2.28. The van der Waals surface area contributed by atoms with E-state index in [9.17, 15) is 4.79 Å². The van der Waals surface area contributed by atoms with E-state index in [4.69, 9.17) is 0 Å². The molecule has 0 radical (unpaired) electrons. The second kappa shape index (κ2) is 8.51. The van der Waals surface area contributed by atoms with Crippen LogP contribution in [0.2, 0.25) is 0 Å². The zero-order chi connectivity index (χ0) is 18.7. The van der Waals surface area contributed by atoms with Crippen molar-refractivity contribution in [2.24, 2.45) is 0 Å². The van der Waals surface area contributed by atoms with Crippen LogP contribution in [-0.2, 0) is 5.54 Å². The van der Waals surface area contributed by atoms with Crippen molar-refractivity contribution >= 4 is 18.2 Å². The van der Waals surface area contributed by atoms with Gasteiger partial charge in [-0.15, -0.1) is 12.4 Å². The van der Waals surface area contributed by atoms with E-state index in [1.807, 2.05) is 54.6 Å². The molecule has 0 N–H and O–H groups in total. The van der Waals surface area contributed by atoms with Gasteiger partial charge in [-0.25, -0.2) is 0 Å². The summed E-state index contributed by atoms with van der Waals surface area (Å²) in [4.78, 5) is 14.7. The number of halogens is 1. The number of nitrogens with zero attached hydrogens (tertiary/aromatic N) is 1. The number of carbonyl (C=O) groups is 1. The van der Waals surface area contributed by atoms with Crippen LogP contribution in [0, 0.1) is 0 Å². The fourth-order valence-electron chi connectivity index (χ4n) is 2.90. The second-order valence-corrected chi connectivity index (χ2v) is 7.30. The molecule has 0 aromatic heterocycles. The maximum atomic E-state index is 12.5. The van der Waals surface area contributed by atoms with Gasteiger partial charge in [0, 0.05) is 16.7 Å². The van der Waals surface area contributed by atoms with Crippen molar-refractivity contribution < 1.29 is 4.79 Å². The summed E-state index contributed by atoms with van der Waals surface area (Å²) >= 11 is 0.